The molecule has 1 aromatic carbocycles. The third kappa shape index (κ3) is 4.68. The maximum Gasteiger partial charge on any atom is 0.338 e. The fourth-order valence-electron chi connectivity index (χ4n) is 3.21. The van der Waals surface area contributed by atoms with Crippen LogP contribution in [-0.2, 0) is 14.3 Å². The van der Waals surface area contributed by atoms with Gasteiger partial charge in [0.1, 0.15) is 11.7 Å². The van der Waals surface area contributed by atoms with Gasteiger partial charge < -0.3 is 14.8 Å². The largest absolute Gasteiger partial charge is 0.463 e. The number of carbonyl (C=O) groups is 1. The van der Waals surface area contributed by atoms with Crippen LogP contribution in [0.4, 0.5) is 4.39 Å². The number of amidine groups is 1. The molecular formula is C22H23ClFN3O3. The number of nitrogens with one attached hydrogen (secondary N) is 1. The zero-order valence-electron chi connectivity index (χ0n) is 17.0. The van der Waals surface area contributed by atoms with Crippen molar-refractivity contribution in [1.82, 2.24) is 10.3 Å². The molecule has 2 heterocycles. The molecule has 30 heavy (non-hydrogen) atoms. The van der Waals surface area contributed by atoms with Crippen LogP contribution in [0.15, 0.2) is 52.8 Å². The molecule has 0 radical (unpaired) electrons. The van der Waals surface area contributed by atoms with Gasteiger partial charge in [-0.3, -0.25) is 4.99 Å². The van der Waals surface area contributed by atoms with Gasteiger partial charge in [-0.1, -0.05) is 17.7 Å². The molecule has 1 atom stereocenters. The van der Waals surface area contributed by atoms with Crippen LogP contribution in [0.2, 0.25) is 5.02 Å². The summed E-state index contributed by atoms with van der Waals surface area (Å²) in [4.78, 5) is 21.7. The summed E-state index contributed by atoms with van der Waals surface area (Å²) in [6.45, 7) is 6.23. The number of aryl methyl sites for hydroxylation is 1. The van der Waals surface area contributed by atoms with E-state index in [0.29, 0.717) is 22.9 Å². The van der Waals surface area contributed by atoms with Crippen molar-refractivity contribution in [3.8, 4) is 0 Å². The Morgan fingerprint density at radius 2 is 2.07 bits per heavy atom. The number of hydrogen-bond donors (Lipinski definition) is 1. The molecule has 0 fully saturated rings. The third-order valence-electron chi connectivity index (χ3n) is 4.58. The van der Waals surface area contributed by atoms with Gasteiger partial charge in [-0.25, -0.2) is 14.2 Å². The summed E-state index contributed by atoms with van der Waals surface area (Å²) >= 11 is 6.12. The van der Waals surface area contributed by atoms with Gasteiger partial charge in [-0.15, -0.1) is 0 Å². The minimum atomic E-state index is -0.727. The van der Waals surface area contributed by atoms with E-state index < -0.39 is 17.8 Å². The second kappa shape index (κ2) is 9.82. The minimum Gasteiger partial charge on any atom is -0.463 e. The van der Waals surface area contributed by atoms with Crippen molar-refractivity contribution in [2.45, 2.75) is 26.8 Å². The number of rotatable bonds is 7. The lowest BCUT2D eigenvalue weighted by molar-refractivity contribution is -0.139. The Hall–Kier alpha value is -2.77. The summed E-state index contributed by atoms with van der Waals surface area (Å²) in [5.41, 5.74) is 2.44. The average molecular weight is 432 g/mol. The SMILES string of the molecule is CCOCC1=C(C(=O)OCC)C(c2ccc(Cl)cc2C)N=C(c2ncccc2F)N1. The minimum absolute atomic E-state index is 0.0611. The number of ether oxygens (including phenoxy) is 2. The summed E-state index contributed by atoms with van der Waals surface area (Å²) in [5, 5.41) is 3.61. The number of esters is 1. The van der Waals surface area contributed by atoms with Crippen LogP contribution in [-0.4, -0.2) is 36.6 Å². The smallest absolute Gasteiger partial charge is 0.338 e. The number of carbonyl (C=O) groups excluding carboxylic acids is 1. The molecule has 0 bridgehead atoms. The molecule has 0 amide bonds. The Kier molecular flexibility index (Phi) is 7.18. The molecule has 1 N–H and O–H groups in total. The van der Waals surface area contributed by atoms with Crippen molar-refractivity contribution in [2.75, 3.05) is 19.8 Å². The standard InChI is InChI=1S/C22H23ClFN3O3/c1-4-29-12-17-18(22(28)30-5-2)19(15-9-8-14(23)11-13(15)3)27-21(26-17)20-16(24)7-6-10-25-20/h6-11,19H,4-5,12H2,1-3H3,(H,26,27). The van der Waals surface area contributed by atoms with Crippen LogP contribution in [0.25, 0.3) is 0 Å². The van der Waals surface area contributed by atoms with Crippen molar-refractivity contribution in [3.63, 3.8) is 0 Å². The van der Waals surface area contributed by atoms with Crippen molar-refractivity contribution in [2.24, 2.45) is 4.99 Å². The summed E-state index contributed by atoms with van der Waals surface area (Å²) in [6, 6.07) is 7.41. The first-order chi connectivity index (χ1) is 14.5. The maximum absolute atomic E-state index is 14.5. The topological polar surface area (TPSA) is 72.8 Å². The Morgan fingerprint density at radius 3 is 2.73 bits per heavy atom. The lowest BCUT2D eigenvalue weighted by Gasteiger charge is -2.28. The first-order valence-corrected chi connectivity index (χ1v) is 10.0. The molecule has 8 heteroatoms. The molecule has 0 saturated carbocycles. The zero-order chi connectivity index (χ0) is 21.7. The second-order valence-corrected chi connectivity index (χ2v) is 7.03. The predicted molar refractivity (Wildman–Crippen MR) is 113 cm³/mol. The molecular weight excluding hydrogens is 409 g/mol. The summed E-state index contributed by atoms with van der Waals surface area (Å²) in [5.74, 6) is -0.816. The monoisotopic (exact) mass is 431 g/mol. The molecule has 3 rings (SSSR count). The highest BCUT2D eigenvalue weighted by atomic mass is 35.5. The van der Waals surface area contributed by atoms with Crippen LogP contribution in [0, 0.1) is 12.7 Å². The van der Waals surface area contributed by atoms with Crippen molar-refractivity contribution in [3.05, 3.63) is 75.5 Å². The molecule has 0 saturated heterocycles. The molecule has 0 aliphatic carbocycles. The van der Waals surface area contributed by atoms with Gasteiger partial charge in [0.05, 0.1) is 24.5 Å². The summed E-state index contributed by atoms with van der Waals surface area (Å²) < 4.78 is 25.3. The number of aliphatic imine (C=N–C) groups is 1. The number of nitrogens with zero attached hydrogens (tertiary/aromatic N) is 2. The molecule has 6 nitrogen and oxygen atoms in total. The lowest BCUT2D eigenvalue weighted by Crippen LogP contribution is -2.36. The van der Waals surface area contributed by atoms with E-state index in [0.717, 1.165) is 11.1 Å². The van der Waals surface area contributed by atoms with Gasteiger partial charge in [0.2, 0.25) is 0 Å². The number of benzene rings is 1. The van der Waals surface area contributed by atoms with Crippen LogP contribution in [0.1, 0.15) is 36.7 Å². The number of halogens is 2. The van der Waals surface area contributed by atoms with Crippen molar-refractivity contribution in [1.29, 1.82) is 0 Å². The van der Waals surface area contributed by atoms with Crippen molar-refractivity contribution >= 4 is 23.4 Å². The fourth-order valence-corrected chi connectivity index (χ4v) is 3.44. The first-order valence-electron chi connectivity index (χ1n) is 9.65. The highest BCUT2D eigenvalue weighted by molar-refractivity contribution is 6.30. The maximum atomic E-state index is 14.5. The van der Waals surface area contributed by atoms with Crippen LogP contribution < -0.4 is 5.32 Å². The quantitative estimate of drug-likeness (QED) is 0.667. The average Bonchev–Trinajstić information content (AvgIpc) is 2.72. The lowest BCUT2D eigenvalue weighted by atomic mass is 9.92. The van der Waals surface area contributed by atoms with Crippen molar-refractivity contribution < 1.29 is 18.7 Å². The Labute approximate surface area is 179 Å². The van der Waals surface area contributed by atoms with Gasteiger partial charge in [0.15, 0.2) is 11.7 Å². The molecule has 1 aliphatic heterocycles. The molecule has 0 spiro atoms. The highest BCUT2D eigenvalue weighted by Crippen LogP contribution is 2.35. The normalized spacial score (nSPS) is 16.2. The third-order valence-corrected chi connectivity index (χ3v) is 4.82. The molecule has 1 aliphatic rings. The molecule has 158 valence electrons. The molecule has 1 unspecified atom stereocenters. The van der Waals surface area contributed by atoms with Crippen LogP contribution >= 0.6 is 11.6 Å². The van der Waals surface area contributed by atoms with E-state index in [1.165, 1.54) is 18.3 Å². The number of pyridine rings is 1. The summed E-state index contributed by atoms with van der Waals surface area (Å²) in [6.07, 6.45) is 1.48. The molecule has 1 aromatic heterocycles. The van der Waals surface area contributed by atoms with Gasteiger partial charge in [-0.05, 0) is 56.2 Å². The Balaban J connectivity index is 2.19. The van der Waals surface area contributed by atoms with E-state index in [1.807, 2.05) is 13.8 Å². The highest BCUT2D eigenvalue weighted by Gasteiger charge is 2.34. The first kappa shape index (κ1) is 21.9. The zero-order valence-corrected chi connectivity index (χ0v) is 17.8. The van der Waals surface area contributed by atoms with Gasteiger partial charge in [-0.2, -0.15) is 0 Å². The van der Waals surface area contributed by atoms with E-state index in [4.69, 9.17) is 21.1 Å². The van der Waals surface area contributed by atoms with Crippen LogP contribution in [0.3, 0.4) is 0 Å². The number of aromatic nitrogens is 1. The number of hydrogen-bond acceptors (Lipinski definition) is 6. The second-order valence-electron chi connectivity index (χ2n) is 6.59. The van der Waals surface area contributed by atoms with E-state index >= 15 is 0 Å². The van der Waals surface area contributed by atoms with E-state index in [2.05, 4.69) is 15.3 Å². The Bertz CT molecular complexity index is 1010. The Morgan fingerprint density at radius 1 is 1.27 bits per heavy atom. The van der Waals surface area contributed by atoms with Crippen LogP contribution in [0.5, 0.6) is 0 Å². The van der Waals surface area contributed by atoms with Gasteiger partial charge in [0.25, 0.3) is 0 Å². The summed E-state index contributed by atoms with van der Waals surface area (Å²) in [7, 11) is 0. The van der Waals surface area contributed by atoms with E-state index in [9.17, 15) is 9.18 Å². The van der Waals surface area contributed by atoms with E-state index in [1.54, 1.807) is 25.1 Å². The fraction of sp³-hybridized carbons (Fsp3) is 0.318. The predicted octanol–water partition coefficient (Wildman–Crippen LogP) is 4.13. The van der Waals surface area contributed by atoms with Gasteiger partial charge >= 0.3 is 5.97 Å². The molecule has 2 aromatic rings. The van der Waals surface area contributed by atoms with E-state index in [-0.39, 0.29) is 24.7 Å². The van der Waals surface area contributed by atoms with Gasteiger partial charge in [0, 0.05) is 17.8 Å².